The fraction of sp³-hybridized carbons (Fsp3) is 0. The van der Waals surface area contributed by atoms with E-state index in [0.29, 0.717) is 16.8 Å². The third-order valence-electron chi connectivity index (χ3n) is 2.33. The van der Waals surface area contributed by atoms with Crippen LogP contribution in [0.15, 0.2) is 46.2 Å². The van der Waals surface area contributed by atoms with Gasteiger partial charge < -0.3 is 16.3 Å². The van der Waals surface area contributed by atoms with Gasteiger partial charge in [0.2, 0.25) is 0 Å². The van der Waals surface area contributed by atoms with Gasteiger partial charge >= 0.3 is 0 Å². The number of anilines is 1. The van der Waals surface area contributed by atoms with E-state index in [-0.39, 0.29) is 11.7 Å². The second-order valence-electron chi connectivity index (χ2n) is 3.53. The summed E-state index contributed by atoms with van der Waals surface area (Å²) in [6.07, 6.45) is 0. The molecule has 4 N–H and O–H groups in total. The largest absolute Gasteiger partial charge is 0.409 e. The molecule has 0 saturated carbocycles. The number of benzene rings is 1. The molecule has 2 aromatic rings. The van der Waals surface area contributed by atoms with Crippen LogP contribution in [0.3, 0.4) is 0 Å². The zero-order valence-electron chi connectivity index (χ0n) is 9.33. The Balaban J connectivity index is 2.09. The van der Waals surface area contributed by atoms with Gasteiger partial charge in [0.05, 0.1) is 5.56 Å². The first kappa shape index (κ1) is 12.1. The highest BCUT2D eigenvalue weighted by Crippen LogP contribution is 2.12. The van der Waals surface area contributed by atoms with Gasteiger partial charge in [-0.1, -0.05) is 5.16 Å². The second-order valence-corrected chi connectivity index (χ2v) is 4.31. The molecule has 5 nitrogen and oxygen atoms in total. The fourth-order valence-electron chi connectivity index (χ4n) is 1.38. The van der Waals surface area contributed by atoms with Crippen molar-refractivity contribution in [2.75, 3.05) is 5.32 Å². The van der Waals surface area contributed by atoms with E-state index in [1.807, 2.05) is 5.38 Å². The summed E-state index contributed by atoms with van der Waals surface area (Å²) in [5.74, 6) is -0.126. The maximum Gasteiger partial charge on any atom is 0.256 e. The minimum absolute atomic E-state index is 0.0331. The number of carbonyl (C=O) groups is 1. The topological polar surface area (TPSA) is 87.7 Å². The van der Waals surface area contributed by atoms with Crippen molar-refractivity contribution in [1.29, 1.82) is 0 Å². The maximum absolute atomic E-state index is 11.8. The quantitative estimate of drug-likeness (QED) is 0.342. The molecule has 0 atom stereocenters. The summed E-state index contributed by atoms with van der Waals surface area (Å²) in [5.41, 5.74) is 7.30. The minimum Gasteiger partial charge on any atom is -0.409 e. The first-order valence-corrected chi connectivity index (χ1v) is 6.06. The molecule has 0 aliphatic carbocycles. The average Bonchev–Trinajstić information content (AvgIpc) is 2.92. The first-order chi connectivity index (χ1) is 8.70. The lowest BCUT2D eigenvalue weighted by atomic mass is 10.2. The van der Waals surface area contributed by atoms with Crippen molar-refractivity contribution in [1.82, 2.24) is 0 Å². The number of oxime groups is 1. The minimum atomic E-state index is -0.159. The van der Waals surface area contributed by atoms with Crippen molar-refractivity contribution in [3.8, 4) is 0 Å². The molecule has 0 radical (unpaired) electrons. The number of hydrogen-bond donors (Lipinski definition) is 3. The molecule has 0 saturated heterocycles. The van der Waals surface area contributed by atoms with Crippen molar-refractivity contribution in [3.05, 3.63) is 52.2 Å². The number of nitrogens with one attached hydrogen (secondary N) is 1. The normalized spacial score (nSPS) is 11.2. The summed E-state index contributed by atoms with van der Waals surface area (Å²) in [6, 6.07) is 8.47. The highest BCUT2D eigenvalue weighted by Gasteiger charge is 2.06. The molecule has 1 heterocycles. The van der Waals surface area contributed by atoms with Gasteiger partial charge in [-0.05, 0) is 35.7 Å². The smallest absolute Gasteiger partial charge is 0.256 e. The van der Waals surface area contributed by atoms with Crippen LogP contribution in [0.2, 0.25) is 0 Å². The molecule has 1 aromatic carbocycles. The fourth-order valence-corrected chi connectivity index (χ4v) is 2.01. The van der Waals surface area contributed by atoms with E-state index in [1.165, 1.54) is 11.3 Å². The van der Waals surface area contributed by atoms with Crippen LogP contribution in [0.25, 0.3) is 0 Å². The monoisotopic (exact) mass is 261 g/mol. The number of amidine groups is 1. The summed E-state index contributed by atoms with van der Waals surface area (Å²) in [4.78, 5) is 11.8. The van der Waals surface area contributed by atoms with E-state index in [1.54, 1.807) is 35.7 Å². The Kier molecular flexibility index (Phi) is 3.59. The first-order valence-electron chi connectivity index (χ1n) is 5.12. The molecule has 0 unspecified atom stereocenters. The predicted molar refractivity (Wildman–Crippen MR) is 71.2 cm³/mol. The van der Waals surface area contributed by atoms with Crippen LogP contribution in [0.5, 0.6) is 0 Å². The van der Waals surface area contributed by atoms with E-state index in [2.05, 4.69) is 10.5 Å². The summed E-state index contributed by atoms with van der Waals surface area (Å²) >= 11 is 1.47. The maximum atomic E-state index is 11.8. The van der Waals surface area contributed by atoms with Gasteiger partial charge in [-0.2, -0.15) is 11.3 Å². The summed E-state index contributed by atoms with van der Waals surface area (Å²) < 4.78 is 0. The lowest BCUT2D eigenvalue weighted by Gasteiger charge is -2.04. The number of rotatable bonds is 3. The van der Waals surface area contributed by atoms with Crippen molar-refractivity contribution in [2.45, 2.75) is 0 Å². The molecule has 18 heavy (non-hydrogen) atoms. The Morgan fingerprint density at radius 3 is 2.50 bits per heavy atom. The lowest BCUT2D eigenvalue weighted by Crippen LogP contribution is -2.14. The van der Waals surface area contributed by atoms with Crippen LogP contribution in [0.4, 0.5) is 5.69 Å². The molecule has 0 aliphatic heterocycles. The Morgan fingerprint density at radius 2 is 1.94 bits per heavy atom. The van der Waals surface area contributed by atoms with Crippen molar-refractivity contribution in [2.24, 2.45) is 10.9 Å². The molecule has 1 aromatic heterocycles. The van der Waals surface area contributed by atoms with Gasteiger partial charge in [-0.25, -0.2) is 0 Å². The molecule has 2 rings (SSSR count). The zero-order chi connectivity index (χ0) is 13.0. The molecule has 0 bridgehead atoms. The van der Waals surface area contributed by atoms with E-state index in [0.717, 1.165) is 0 Å². The van der Waals surface area contributed by atoms with Crippen LogP contribution in [-0.2, 0) is 0 Å². The molecule has 1 amide bonds. The van der Waals surface area contributed by atoms with Crippen molar-refractivity contribution < 1.29 is 10.0 Å². The second kappa shape index (κ2) is 5.33. The van der Waals surface area contributed by atoms with Crippen LogP contribution in [-0.4, -0.2) is 17.0 Å². The van der Waals surface area contributed by atoms with E-state index >= 15 is 0 Å². The zero-order valence-corrected chi connectivity index (χ0v) is 10.1. The highest BCUT2D eigenvalue weighted by atomic mass is 32.1. The summed E-state index contributed by atoms with van der Waals surface area (Å²) in [6.45, 7) is 0. The van der Waals surface area contributed by atoms with Crippen molar-refractivity contribution in [3.63, 3.8) is 0 Å². The Labute approximate surface area is 108 Å². The van der Waals surface area contributed by atoms with E-state index < -0.39 is 0 Å². The summed E-state index contributed by atoms with van der Waals surface area (Å²) in [7, 11) is 0. The molecular formula is C12H11N3O2S. The van der Waals surface area contributed by atoms with Gasteiger partial charge in [-0.15, -0.1) is 0 Å². The van der Waals surface area contributed by atoms with E-state index in [9.17, 15) is 4.79 Å². The molecular weight excluding hydrogens is 250 g/mol. The van der Waals surface area contributed by atoms with Crippen LogP contribution in [0.1, 0.15) is 15.9 Å². The Morgan fingerprint density at radius 1 is 1.22 bits per heavy atom. The van der Waals surface area contributed by atoms with Gasteiger partial charge in [0.25, 0.3) is 5.91 Å². The van der Waals surface area contributed by atoms with E-state index in [4.69, 9.17) is 10.9 Å². The highest BCUT2D eigenvalue weighted by molar-refractivity contribution is 7.08. The molecule has 0 aliphatic rings. The average molecular weight is 261 g/mol. The van der Waals surface area contributed by atoms with Gasteiger partial charge in [0.15, 0.2) is 5.84 Å². The van der Waals surface area contributed by atoms with Gasteiger partial charge in [-0.3, -0.25) is 4.79 Å². The lowest BCUT2D eigenvalue weighted by molar-refractivity contribution is 0.102. The molecule has 0 spiro atoms. The van der Waals surface area contributed by atoms with Crippen LogP contribution < -0.4 is 11.1 Å². The number of carbonyl (C=O) groups excluding carboxylic acids is 1. The number of hydrogen-bond acceptors (Lipinski definition) is 4. The Hall–Kier alpha value is -2.34. The predicted octanol–water partition coefficient (Wildman–Crippen LogP) is 2.09. The van der Waals surface area contributed by atoms with Gasteiger partial charge in [0, 0.05) is 16.6 Å². The SMILES string of the molecule is N/C(=N/O)c1ccc(NC(=O)c2ccsc2)cc1. The van der Waals surface area contributed by atoms with Crippen molar-refractivity contribution >= 4 is 28.8 Å². The van der Waals surface area contributed by atoms with Crippen LogP contribution in [0, 0.1) is 0 Å². The number of nitrogens with zero attached hydrogens (tertiary/aromatic N) is 1. The standard InChI is InChI=1S/C12H11N3O2S/c13-11(15-17)8-1-3-10(4-2-8)14-12(16)9-5-6-18-7-9/h1-7,17H,(H2,13,15)(H,14,16). The molecule has 6 heteroatoms. The molecule has 92 valence electrons. The Bertz CT molecular complexity index is 562. The third-order valence-corrected chi connectivity index (χ3v) is 3.01. The van der Waals surface area contributed by atoms with Gasteiger partial charge in [0.1, 0.15) is 0 Å². The van der Waals surface area contributed by atoms with Crippen LogP contribution >= 0.6 is 11.3 Å². The third kappa shape index (κ3) is 2.67. The molecule has 0 fully saturated rings. The number of amides is 1. The number of thiophene rings is 1. The summed E-state index contributed by atoms with van der Waals surface area (Å²) in [5, 5.41) is 17.8. The number of nitrogens with two attached hydrogens (primary N) is 1.